The Labute approximate surface area is 186 Å². The fourth-order valence-corrected chi connectivity index (χ4v) is 5.15. The molecule has 0 aromatic heterocycles. The molecule has 6 nitrogen and oxygen atoms in total. The highest BCUT2D eigenvalue weighted by atomic mass is 35.5. The van der Waals surface area contributed by atoms with Crippen LogP contribution in [-0.4, -0.2) is 25.3 Å². The third kappa shape index (κ3) is 5.53. The molecule has 0 saturated heterocycles. The fourth-order valence-electron chi connectivity index (χ4n) is 4.99. The van der Waals surface area contributed by atoms with E-state index < -0.39 is 23.6 Å². The van der Waals surface area contributed by atoms with Crippen LogP contribution >= 0.6 is 11.6 Å². The Kier molecular flexibility index (Phi) is 8.79. The largest absolute Gasteiger partial charge is 0.372 e. The van der Waals surface area contributed by atoms with Crippen molar-refractivity contribution in [3.05, 3.63) is 34.4 Å². The molecule has 4 N–H and O–H groups in total. The number of halogens is 3. The van der Waals surface area contributed by atoms with Crippen molar-refractivity contribution in [3.63, 3.8) is 0 Å². The first kappa shape index (κ1) is 25.0. The lowest BCUT2D eigenvalue weighted by Gasteiger charge is -2.38. The number of amides is 3. The summed E-state index contributed by atoms with van der Waals surface area (Å²) in [5.41, 5.74) is 3.65. The van der Waals surface area contributed by atoms with E-state index in [-0.39, 0.29) is 40.6 Å². The number of primary amides is 1. The molecule has 2 atom stereocenters. The van der Waals surface area contributed by atoms with Crippen molar-refractivity contribution in [1.29, 1.82) is 0 Å². The van der Waals surface area contributed by atoms with E-state index in [1.807, 2.05) is 6.92 Å². The van der Waals surface area contributed by atoms with E-state index >= 15 is 0 Å². The molecule has 3 rings (SSSR count). The number of hydrogen-bond donors (Lipinski definition) is 3. The number of carbonyl (C=O) groups is 3. The Morgan fingerprint density at radius 1 is 1.32 bits per heavy atom. The maximum atomic E-state index is 14.9. The molecule has 31 heavy (non-hydrogen) atoms. The van der Waals surface area contributed by atoms with Crippen molar-refractivity contribution in [3.8, 4) is 0 Å². The molecule has 2 bridgehead atoms. The molecule has 2 aliphatic rings. The second kappa shape index (κ2) is 10.9. The van der Waals surface area contributed by atoms with Crippen LogP contribution in [0.4, 0.5) is 8.78 Å². The molecule has 1 aromatic rings. The second-order valence-electron chi connectivity index (χ2n) is 8.33. The average molecular weight is 458 g/mol. The number of rotatable bonds is 7. The first-order valence-corrected chi connectivity index (χ1v) is 10.9. The Balaban J connectivity index is 0.00000107. The Hall–Kier alpha value is -2.22. The van der Waals surface area contributed by atoms with Crippen molar-refractivity contribution in [1.82, 2.24) is 10.6 Å². The summed E-state index contributed by atoms with van der Waals surface area (Å²) < 4.78 is 29.6. The number of nitrogens with one attached hydrogen (secondary N) is 2. The Morgan fingerprint density at radius 3 is 2.42 bits per heavy atom. The minimum absolute atomic E-state index is 0.0433. The number of nitrogens with two attached hydrogens (primary N) is 1. The van der Waals surface area contributed by atoms with Gasteiger partial charge in [0.15, 0.2) is 0 Å². The van der Waals surface area contributed by atoms with Crippen molar-refractivity contribution in [2.45, 2.75) is 57.9 Å². The van der Waals surface area contributed by atoms with Gasteiger partial charge in [-0.05, 0) is 62.0 Å². The third-order valence-electron chi connectivity index (χ3n) is 6.64. The predicted octanol–water partition coefficient (Wildman–Crippen LogP) is 3.62. The number of fused-ring (bicyclic) bond motifs is 2. The van der Waals surface area contributed by atoms with Gasteiger partial charge in [0.2, 0.25) is 18.2 Å². The molecule has 1 unspecified atom stereocenters. The summed E-state index contributed by atoms with van der Waals surface area (Å²) >= 11 is 5.94. The van der Waals surface area contributed by atoms with Crippen LogP contribution in [0.15, 0.2) is 12.1 Å². The van der Waals surface area contributed by atoms with Crippen molar-refractivity contribution < 1.29 is 23.2 Å². The summed E-state index contributed by atoms with van der Waals surface area (Å²) in [7, 11) is 1.52. The van der Waals surface area contributed by atoms with Gasteiger partial charge in [0.05, 0.1) is 11.1 Å². The van der Waals surface area contributed by atoms with Gasteiger partial charge in [-0.15, -0.1) is 0 Å². The standard InChI is InChI=1S/C21H27ClF2N2O2.CH3NO/c1-3-13(10-16(27)25-2)20(28)26-19(21-8-6-12(11-21)7-9-21)17-15(23)5-4-14(22)18(17)24;2-1-3/h4-5,12-13,19H,3,6-11H2,1-2H3,(H,25,27)(H,26,28);1H,(H2,2,3)/t12?,13-,19?,21?;/m1./s1. The zero-order valence-corrected chi connectivity index (χ0v) is 18.6. The molecular weight excluding hydrogens is 428 g/mol. The Morgan fingerprint density at radius 2 is 1.94 bits per heavy atom. The molecule has 9 heteroatoms. The SMILES string of the molecule is CC[C@H](CC(=O)NC)C(=O)NC(c1c(F)ccc(Cl)c1F)C12CCC(CC1)C2.NC=O. The van der Waals surface area contributed by atoms with Crippen LogP contribution in [0.1, 0.15) is 63.5 Å². The topological polar surface area (TPSA) is 101 Å². The van der Waals surface area contributed by atoms with Crippen LogP contribution in [0.5, 0.6) is 0 Å². The van der Waals surface area contributed by atoms with E-state index in [9.17, 15) is 18.4 Å². The van der Waals surface area contributed by atoms with Crippen molar-refractivity contribution in [2.75, 3.05) is 7.05 Å². The third-order valence-corrected chi connectivity index (χ3v) is 6.93. The molecule has 0 spiro atoms. The number of hydrogen-bond acceptors (Lipinski definition) is 3. The zero-order valence-electron chi connectivity index (χ0n) is 17.8. The molecule has 172 valence electrons. The second-order valence-corrected chi connectivity index (χ2v) is 8.73. The van der Waals surface area contributed by atoms with Crippen LogP contribution < -0.4 is 16.4 Å². The summed E-state index contributed by atoms with van der Waals surface area (Å²) in [6.07, 6.45) is 5.25. The number of benzene rings is 1. The molecule has 0 aliphatic heterocycles. The van der Waals surface area contributed by atoms with E-state index in [4.69, 9.17) is 16.4 Å². The van der Waals surface area contributed by atoms with Gasteiger partial charge >= 0.3 is 0 Å². The van der Waals surface area contributed by atoms with E-state index in [0.717, 1.165) is 38.2 Å². The Bertz CT molecular complexity index is 813. The van der Waals surface area contributed by atoms with Gasteiger partial charge in [0.25, 0.3) is 0 Å². The van der Waals surface area contributed by atoms with Crippen LogP contribution in [0.25, 0.3) is 0 Å². The summed E-state index contributed by atoms with van der Waals surface area (Å²) in [4.78, 5) is 33.3. The maximum absolute atomic E-state index is 14.9. The minimum atomic E-state index is -0.809. The highest BCUT2D eigenvalue weighted by Gasteiger charge is 2.52. The molecule has 1 aromatic carbocycles. The lowest BCUT2D eigenvalue weighted by Crippen LogP contribution is -2.43. The summed E-state index contributed by atoms with van der Waals surface area (Å²) in [6.45, 7) is 1.82. The lowest BCUT2D eigenvalue weighted by atomic mass is 9.74. The summed E-state index contributed by atoms with van der Waals surface area (Å²) in [5, 5.41) is 5.29. The van der Waals surface area contributed by atoms with Crippen molar-refractivity contribution in [2.24, 2.45) is 23.0 Å². The van der Waals surface area contributed by atoms with Gasteiger partial charge in [0.1, 0.15) is 11.6 Å². The first-order valence-electron chi connectivity index (χ1n) is 10.5. The highest BCUT2D eigenvalue weighted by molar-refractivity contribution is 6.30. The maximum Gasteiger partial charge on any atom is 0.224 e. The van der Waals surface area contributed by atoms with E-state index in [1.165, 1.54) is 13.1 Å². The smallest absolute Gasteiger partial charge is 0.224 e. The van der Waals surface area contributed by atoms with E-state index in [0.29, 0.717) is 12.3 Å². The minimum Gasteiger partial charge on any atom is -0.372 e. The molecule has 0 heterocycles. The van der Waals surface area contributed by atoms with Crippen molar-refractivity contribution >= 4 is 29.8 Å². The average Bonchev–Trinajstić information content (AvgIpc) is 3.36. The predicted molar refractivity (Wildman–Crippen MR) is 114 cm³/mol. The molecular formula is C22H30ClF2N3O3. The van der Waals surface area contributed by atoms with Crippen LogP contribution in [0, 0.1) is 28.9 Å². The molecule has 2 aliphatic carbocycles. The zero-order chi connectivity index (χ0) is 23.2. The van der Waals surface area contributed by atoms with Gasteiger partial charge in [-0.1, -0.05) is 18.5 Å². The normalized spacial score (nSPS) is 23.3. The van der Waals surface area contributed by atoms with Crippen LogP contribution in [0.2, 0.25) is 5.02 Å². The van der Waals surface area contributed by atoms with Gasteiger partial charge < -0.3 is 16.4 Å². The summed E-state index contributed by atoms with van der Waals surface area (Å²) in [5.74, 6) is -2.11. The van der Waals surface area contributed by atoms with Gasteiger partial charge in [-0.3, -0.25) is 14.4 Å². The van der Waals surface area contributed by atoms with Gasteiger partial charge in [-0.25, -0.2) is 8.78 Å². The fraction of sp³-hybridized carbons (Fsp3) is 0.591. The number of carbonyl (C=O) groups excluding carboxylic acids is 3. The van der Waals surface area contributed by atoms with E-state index in [1.54, 1.807) is 0 Å². The quantitative estimate of drug-likeness (QED) is 0.430. The summed E-state index contributed by atoms with van der Waals surface area (Å²) in [6, 6.07) is 1.56. The molecule has 2 saturated carbocycles. The molecule has 0 radical (unpaired) electrons. The van der Waals surface area contributed by atoms with E-state index in [2.05, 4.69) is 16.4 Å². The van der Waals surface area contributed by atoms with Gasteiger partial charge in [0, 0.05) is 24.9 Å². The van der Waals surface area contributed by atoms with Crippen LogP contribution in [0.3, 0.4) is 0 Å². The van der Waals surface area contributed by atoms with Crippen LogP contribution in [-0.2, 0) is 14.4 Å². The molecule has 2 fully saturated rings. The lowest BCUT2D eigenvalue weighted by molar-refractivity contribution is -0.131. The highest BCUT2D eigenvalue weighted by Crippen LogP contribution is 2.60. The first-order chi connectivity index (χ1) is 14.7. The molecule has 3 amide bonds. The monoisotopic (exact) mass is 457 g/mol. The van der Waals surface area contributed by atoms with Gasteiger partial charge in [-0.2, -0.15) is 0 Å².